The highest BCUT2D eigenvalue weighted by molar-refractivity contribution is 5.91. The third-order valence-corrected chi connectivity index (χ3v) is 3.12. The highest BCUT2D eigenvalue weighted by Crippen LogP contribution is 2.12. The van der Waals surface area contributed by atoms with E-state index in [4.69, 9.17) is 4.74 Å². The maximum Gasteiger partial charge on any atom is 0.243 e. The van der Waals surface area contributed by atoms with E-state index >= 15 is 0 Å². The molecule has 0 unspecified atom stereocenters. The lowest BCUT2D eigenvalue weighted by Crippen LogP contribution is -2.21. The van der Waals surface area contributed by atoms with E-state index in [-0.39, 0.29) is 5.91 Å². The first-order valence-electron chi connectivity index (χ1n) is 7.36. The Morgan fingerprint density at radius 2 is 1.85 bits per heavy atom. The van der Waals surface area contributed by atoms with Gasteiger partial charge in [0, 0.05) is 12.6 Å². The molecule has 3 heteroatoms. The molecule has 0 saturated carbocycles. The fourth-order valence-electron chi connectivity index (χ4n) is 1.89. The standard InChI is InChI=1S/C17H25NO2/c1-3-4-5-6-7-14-18-17(19)13-10-15-8-11-16(20-2)12-9-15/h8-13H,3-7,14H2,1-2H3,(H,18,19). The van der Waals surface area contributed by atoms with Crippen molar-refractivity contribution < 1.29 is 9.53 Å². The van der Waals surface area contributed by atoms with Crippen LogP contribution in [0.25, 0.3) is 6.08 Å². The Bertz CT molecular complexity index is 410. The van der Waals surface area contributed by atoms with E-state index in [9.17, 15) is 4.79 Å². The Morgan fingerprint density at radius 3 is 2.50 bits per heavy atom. The molecule has 0 aliphatic heterocycles. The second-order valence-corrected chi connectivity index (χ2v) is 4.81. The number of nitrogens with one attached hydrogen (secondary N) is 1. The molecule has 0 fully saturated rings. The van der Waals surface area contributed by atoms with E-state index in [2.05, 4.69) is 12.2 Å². The summed E-state index contributed by atoms with van der Waals surface area (Å²) in [5, 5.41) is 2.90. The topological polar surface area (TPSA) is 38.3 Å². The summed E-state index contributed by atoms with van der Waals surface area (Å²) in [6.45, 7) is 2.96. The molecule has 20 heavy (non-hydrogen) atoms. The van der Waals surface area contributed by atoms with Crippen molar-refractivity contribution in [3.8, 4) is 5.75 Å². The van der Waals surface area contributed by atoms with Crippen molar-refractivity contribution in [1.82, 2.24) is 5.32 Å². The molecule has 0 atom stereocenters. The van der Waals surface area contributed by atoms with Crippen LogP contribution in [0.5, 0.6) is 5.75 Å². The van der Waals surface area contributed by atoms with Gasteiger partial charge in [-0.05, 0) is 30.2 Å². The Kier molecular flexibility index (Phi) is 8.20. The summed E-state index contributed by atoms with van der Waals surface area (Å²) in [6, 6.07) is 7.61. The first-order valence-corrected chi connectivity index (χ1v) is 7.36. The molecule has 1 amide bonds. The number of carbonyl (C=O) groups is 1. The van der Waals surface area contributed by atoms with Crippen LogP contribution in [-0.2, 0) is 4.79 Å². The van der Waals surface area contributed by atoms with Crippen molar-refractivity contribution >= 4 is 12.0 Å². The van der Waals surface area contributed by atoms with Crippen LogP contribution in [0.15, 0.2) is 30.3 Å². The van der Waals surface area contributed by atoms with Crippen LogP contribution in [0.3, 0.4) is 0 Å². The predicted molar refractivity (Wildman–Crippen MR) is 83.8 cm³/mol. The van der Waals surface area contributed by atoms with Crippen molar-refractivity contribution in [2.45, 2.75) is 39.0 Å². The number of carbonyl (C=O) groups excluding carboxylic acids is 1. The second kappa shape index (κ2) is 10.1. The molecule has 0 aliphatic rings. The van der Waals surface area contributed by atoms with Gasteiger partial charge in [-0.25, -0.2) is 0 Å². The van der Waals surface area contributed by atoms with Gasteiger partial charge in [0.15, 0.2) is 0 Å². The zero-order chi connectivity index (χ0) is 14.6. The van der Waals surface area contributed by atoms with E-state index in [1.165, 1.54) is 25.7 Å². The van der Waals surface area contributed by atoms with Gasteiger partial charge in [0.05, 0.1) is 7.11 Å². The third kappa shape index (κ3) is 6.98. The smallest absolute Gasteiger partial charge is 0.243 e. The number of hydrogen-bond acceptors (Lipinski definition) is 2. The summed E-state index contributed by atoms with van der Waals surface area (Å²) >= 11 is 0. The number of methoxy groups -OCH3 is 1. The molecule has 1 rings (SSSR count). The SMILES string of the molecule is CCCCCCCNC(=O)C=Cc1ccc(OC)cc1. The average molecular weight is 275 g/mol. The summed E-state index contributed by atoms with van der Waals surface area (Å²) in [5.74, 6) is 0.787. The molecule has 0 heterocycles. The zero-order valence-corrected chi connectivity index (χ0v) is 12.5. The Morgan fingerprint density at radius 1 is 1.15 bits per heavy atom. The molecule has 0 bridgehead atoms. The van der Waals surface area contributed by atoms with E-state index in [1.807, 2.05) is 30.3 Å². The number of unbranched alkanes of at least 4 members (excludes halogenated alkanes) is 4. The molecule has 0 spiro atoms. The van der Waals surface area contributed by atoms with Crippen molar-refractivity contribution in [3.63, 3.8) is 0 Å². The number of benzene rings is 1. The fourth-order valence-corrected chi connectivity index (χ4v) is 1.89. The van der Waals surface area contributed by atoms with E-state index in [1.54, 1.807) is 13.2 Å². The Labute approximate surface area is 122 Å². The summed E-state index contributed by atoms with van der Waals surface area (Å²) in [7, 11) is 1.64. The first-order chi connectivity index (χ1) is 9.76. The summed E-state index contributed by atoms with van der Waals surface area (Å²) < 4.78 is 5.08. The molecule has 1 aromatic carbocycles. The lowest BCUT2D eigenvalue weighted by atomic mass is 10.1. The van der Waals surface area contributed by atoms with Crippen LogP contribution >= 0.6 is 0 Å². The van der Waals surface area contributed by atoms with Gasteiger partial charge >= 0.3 is 0 Å². The molecule has 110 valence electrons. The molecule has 1 N–H and O–H groups in total. The monoisotopic (exact) mass is 275 g/mol. The highest BCUT2D eigenvalue weighted by Gasteiger charge is 1.95. The van der Waals surface area contributed by atoms with Gasteiger partial charge in [0.1, 0.15) is 5.75 Å². The van der Waals surface area contributed by atoms with Crippen LogP contribution < -0.4 is 10.1 Å². The van der Waals surface area contributed by atoms with E-state index < -0.39 is 0 Å². The van der Waals surface area contributed by atoms with Crippen molar-refractivity contribution in [3.05, 3.63) is 35.9 Å². The molecule has 3 nitrogen and oxygen atoms in total. The summed E-state index contributed by atoms with van der Waals surface area (Å²) in [6.07, 6.45) is 9.43. The van der Waals surface area contributed by atoms with Crippen molar-refractivity contribution in [1.29, 1.82) is 0 Å². The highest BCUT2D eigenvalue weighted by atomic mass is 16.5. The quantitative estimate of drug-likeness (QED) is 0.550. The molecular weight excluding hydrogens is 250 g/mol. The minimum Gasteiger partial charge on any atom is -0.497 e. The van der Waals surface area contributed by atoms with Crippen molar-refractivity contribution in [2.24, 2.45) is 0 Å². The lowest BCUT2D eigenvalue weighted by Gasteiger charge is -2.02. The van der Waals surface area contributed by atoms with Gasteiger partial charge in [-0.15, -0.1) is 0 Å². The van der Waals surface area contributed by atoms with Crippen LogP contribution in [0.2, 0.25) is 0 Å². The summed E-state index contributed by atoms with van der Waals surface area (Å²) in [4.78, 5) is 11.6. The number of ether oxygens (including phenoxy) is 1. The van der Waals surface area contributed by atoms with Gasteiger partial charge in [-0.3, -0.25) is 4.79 Å². The average Bonchev–Trinajstić information content (AvgIpc) is 2.49. The molecule has 0 radical (unpaired) electrons. The van der Waals surface area contributed by atoms with E-state index in [0.29, 0.717) is 0 Å². The third-order valence-electron chi connectivity index (χ3n) is 3.12. The van der Waals surface area contributed by atoms with Gasteiger partial charge < -0.3 is 10.1 Å². The minimum absolute atomic E-state index is 0.0312. The van der Waals surface area contributed by atoms with E-state index in [0.717, 1.165) is 24.3 Å². The number of rotatable bonds is 9. The maximum atomic E-state index is 11.6. The molecular formula is C17H25NO2. The molecule has 0 aromatic heterocycles. The maximum absolute atomic E-state index is 11.6. The number of amides is 1. The Hall–Kier alpha value is -1.77. The largest absolute Gasteiger partial charge is 0.497 e. The number of hydrogen-bond donors (Lipinski definition) is 1. The predicted octanol–water partition coefficient (Wildman–Crippen LogP) is 3.80. The van der Waals surface area contributed by atoms with Crippen LogP contribution in [0, 0.1) is 0 Å². The van der Waals surface area contributed by atoms with Crippen LogP contribution in [-0.4, -0.2) is 19.6 Å². The molecule has 0 aliphatic carbocycles. The van der Waals surface area contributed by atoms with Crippen LogP contribution in [0.4, 0.5) is 0 Å². The fraction of sp³-hybridized carbons (Fsp3) is 0.471. The van der Waals surface area contributed by atoms with Crippen molar-refractivity contribution in [2.75, 3.05) is 13.7 Å². The lowest BCUT2D eigenvalue weighted by molar-refractivity contribution is -0.116. The molecule has 0 saturated heterocycles. The second-order valence-electron chi connectivity index (χ2n) is 4.81. The van der Waals surface area contributed by atoms with Crippen LogP contribution in [0.1, 0.15) is 44.6 Å². The van der Waals surface area contributed by atoms with Gasteiger partial charge in [-0.2, -0.15) is 0 Å². The summed E-state index contributed by atoms with van der Waals surface area (Å²) in [5.41, 5.74) is 0.990. The van der Waals surface area contributed by atoms with Gasteiger partial charge in [-0.1, -0.05) is 44.7 Å². The first kappa shape index (κ1) is 16.3. The van der Waals surface area contributed by atoms with Gasteiger partial charge in [0.25, 0.3) is 0 Å². The normalized spacial score (nSPS) is 10.7. The Balaban J connectivity index is 2.22. The van der Waals surface area contributed by atoms with Gasteiger partial charge in [0.2, 0.25) is 5.91 Å². The molecule has 1 aromatic rings. The zero-order valence-electron chi connectivity index (χ0n) is 12.5. The minimum atomic E-state index is -0.0312.